The predicted molar refractivity (Wildman–Crippen MR) is 125 cm³/mol. The predicted octanol–water partition coefficient (Wildman–Crippen LogP) is 5.31. The SMILES string of the molecule is COc1ccc(CC(=O)Nc2ccc(-c3nc4ccccc4n3C(F)F)cc2)c(OC)c1OC. The summed E-state index contributed by atoms with van der Waals surface area (Å²) in [4.78, 5) is 17.0. The summed E-state index contributed by atoms with van der Waals surface area (Å²) >= 11 is 0. The van der Waals surface area contributed by atoms with Gasteiger partial charge in [-0.2, -0.15) is 8.78 Å². The smallest absolute Gasteiger partial charge is 0.320 e. The third-order valence-electron chi connectivity index (χ3n) is 5.35. The summed E-state index contributed by atoms with van der Waals surface area (Å²) in [7, 11) is 4.50. The number of methoxy groups -OCH3 is 3. The zero-order valence-corrected chi connectivity index (χ0v) is 18.8. The summed E-state index contributed by atoms with van der Waals surface area (Å²) in [6, 6.07) is 16.8. The Morgan fingerprint density at radius 3 is 2.29 bits per heavy atom. The molecule has 0 bridgehead atoms. The fraction of sp³-hybridized carbons (Fsp3) is 0.200. The topological polar surface area (TPSA) is 74.6 Å². The van der Waals surface area contributed by atoms with E-state index in [4.69, 9.17) is 14.2 Å². The van der Waals surface area contributed by atoms with E-state index in [2.05, 4.69) is 10.3 Å². The zero-order valence-electron chi connectivity index (χ0n) is 18.8. The number of aromatic nitrogens is 2. The van der Waals surface area contributed by atoms with Crippen molar-refractivity contribution < 1.29 is 27.8 Å². The van der Waals surface area contributed by atoms with Crippen LogP contribution in [-0.4, -0.2) is 36.8 Å². The van der Waals surface area contributed by atoms with Gasteiger partial charge >= 0.3 is 6.55 Å². The number of nitrogens with one attached hydrogen (secondary N) is 1. The molecule has 3 aromatic carbocycles. The quantitative estimate of drug-likeness (QED) is 0.380. The molecule has 1 N–H and O–H groups in total. The minimum atomic E-state index is -2.74. The van der Waals surface area contributed by atoms with Crippen LogP contribution >= 0.6 is 0 Å². The van der Waals surface area contributed by atoms with E-state index in [0.29, 0.717) is 45.1 Å². The summed E-state index contributed by atoms with van der Waals surface area (Å²) in [5.74, 6) is 1.19. The van der Waals surface area contributed by atoms with E-state index in [0.717, 1.165) is 4.57 Å². The molecule has 7 nitrogen and oxygen atoms in total. The van der Waals surface area contributed by atoms with Crippen molar-refractivity contribution in [2.75, 3.05) is 26.6 Å². The van der Waals surface area contributed by atoms with E-state index < -0.39 is 6.55 Å². The zero-order chi connectivity index (χ0) is 24.2. The molecule has 176 valence electrons. The maximum absolute atomic E-state index is 13.7. The fourth-order valence-electron chi connectivity index (χ4n) is 3.83. The van der Waals surface area contributed by atoms with Crippen molar-refractivity contribution in [1.29, 1.82) is 0 Å². The number of alkyl halides is 2. The van der Waals surface area contributed by atoms with Crippen molar-refractivity contribution in [3.8, 4) is 28.6 Å². The lowest BCUT2D eigenvalue weighted by molar-refractivity contribution is -0.115. The summed E-state index contributed by atoms with van der Waals surface area (Å²) in [6.07, 6.45) is 0.0342. The number of amides is 1. The first-order valence-corrected chi connectivity index (χ1v) is 10.4. The number of fused-ring (bicyclic) bond motifs is 1. The van der Waals surface area contributed by atoms with Crippen molar-refractivity contribution in [3.05, 3.63) is 66.2 Å². The van der Waals surface area contributed by atoms with Gasteiger partial charge in [-0.3, -0.25) is 9.36 Å². The van der Waals surface area contributed by atoms with Gasteiger partial charge < -0.3 is 19.5 Å². The van der Waals surface area contributed by atoms with Crippen LogP contribution in [0.15, 0.2) is 60.7 Å². The molecule has 4 rings (SSSR count). The Morgan fingerprint density at radius 1 is 0.941 bits per heavy atom. The maximum atomic E-state index is 13.7. The fourth-order valence-corrected chi connectivity index (χ4v) is 3.83. The second-order valence-corrected chi connectivity index (χ2v) is 7.37. The highest BCUT2D eigenvalue weighted by atomic mass is 19.3. The van der Waals surface area contributed by atoms with E-state index in [9.17, 15) is 13.6 Å². The molecular weight excluding hydrogens is 444 g/mol. The molecule has 0 aliphatic carbocycles. The largest absolute Gasteiger partial charge is 0.493 e. The van der Waals surface area contributed by atoms with Crippen LogP contribution in [0, 0.1) is 0 Å². The van der Waals surface area contributed by atoms with E-state index >= 15 is 0 Å². The molecule has 0 radical (unpaired) electrons. The van der Waals surface area contributed by atoms with Crippen LogP contribution in [0.1, 0.15) is 12.1 Å². The first kappa shape index (κ1) is 23.0. The number of hydrogen-bond donors (Lipinski definition) is 1. The Hall–Kier alpha value is -4.14. The van der Waals surface area contributed by atoms with Crippen molar-refractivity contribution >= 4 is 22.6 Å². The third-order valence-corrected chi connectivity index (χ3v) is 5.35. The molecule has 1 amide bonds. The number of imidazole rings is 1. The van der Waals surface area contributed by atoms with E-state index in [-0.39, 0.29) is 18.2 Å². The molecule has 9 heteroatoms. The molecule has 0 saturated carbocycles. The summed E-state index contributed by atoms with van der Waals surface area (Å²) in [5, 5.41) is 2.81. The first-order chi connectivity index (χ1) is 16.5. The van der Waals surface area contributed by atoms with Crippen LogP contribution in [0.4, 0.5) is 14.5 Å². The lowest BCUT2D eigenvalue weighted by Gasteiger charge is -2.15. The van der Waals surface area contributed by atoms with Gasteiger partial charge in [0, 0.05) is 16.8 Å². The van der Waals surface area contributed by atoms with Gasteiger partial charge in [0.15, 0.2) is 11.5 Å². The maximum Gasteiger partial charge on any atom is 0.320 e. The molecule has 1 heterocycles. The van der Waals surface area contributed by atoms with Gasteiger partial charge in [-0.25, -0.2) is 4.98 Å². The number of rotatable bonds is 8. The van der Waals surface area contributed by atoms with E-state index in [1.54, 1.807) is 60.7 Å². The Labute approximate surface area is 194 Å². The minimum absolute atomic E-state index is 0.0342. The molecule has 0 atom stereocenters. The molecular formula is C25H23F2N3O4. The van der Waals surface area contributed by atoms with Crippen molar-refractivity contribution in [2.24, 2.45) is 0 Å². The lowest BCUT2D eigenvalue weighted by atomic mass is 10.1. The first-order valence-electron chi connectivity index (χ1n) is 10.4. The highest BCUT2D eigenvalue weighted by Gasteiger charge is 2.20. The summed E-state index contributed by atoms with van der Waals surface area (Å²) in [6.45, 7) is -2.74. The van der Waals surface area contributed by atoms with Crippen molar-refractivity contribution in [3.63, 3.8) is 0 Å². The van der Waals surface area contributed by atoms with Crippen LogP contribution in [0.25, 0.3) is 22.4 Å². The van der Waals surface area contributed by atoms with Crippen LogP contribution in [0.3, 0.4) is 0 Å². The van der Waals surface area contributed by atoms with Crippen molar-refractivity contribution in [1.82, 2.24) is 9.55 Å². The lowest BCUT2D eigenvalue weighted by Crippen LogP contribution is -2.15. The molecule has 0 aliphatic rings. The van der Waals surface area contributed by atoms with Crippen LogP contribution < -0.4 is 19.5 Å². The summed E-state index contributed by atoms with van der Waals surface area (Å²) in [5.41, 5.74) is 2.50. The average molecular weight is 467 g/mol. The monoisotopic (exact) mass is 467 g/mol. The normalized spacial score (nSPS) is 11.0. The Morgan fingerprint density at radius 2 is 1.65 bits per heavy atom. The van der Waals surface area contributed by atoms with Gasteiger partial charge in [-0.15, -0.1) is 0 Å². The van der Waals surface area contributed by atoms with Crippen molar-refractivity contribution in [2.45, 2.75) is 13.0 Å². The number of para-hydroxylation sites is 2. The van der Waals surface area contributed by atoms with Crippen LogP contribution in [0.5, 0.6) is 17.2 Å². The second kappa shape index (κ2) is 9.78. The molecule has 0 aliphatic heterocycles. The molecule has 34 heavy (non-hydrogen) atoms. The summed E-state index contributed by atoms with van der Waals surface area (Å²) < 4.78 is 44.4. The third kappa shape index (κ3) is 4.36. The molecule has 0 fully saturated rings. The highest BCUT2D eigenvalue weighted by Crippen LogP contribution is 2.40. The Kier molecular flexibility index (Phi) is 6.62. The van der Waals surface area contributed by atoms with E-state index in [1.807, 2.05) is 0 Å². The number of halogens is 2. The highest BCUT2D eigenvalue weighted by molar-refractivity contribution is 5.93. The Balaban J connectivity index is 1.54. The van der Waals surface area contributed by atoms with Gasteiger partial charge in [0.2, 0.25) is 11.7 Å². The Bertz CT molecular complexity index is 1320. The van der Waals surface area contributed by atoms with Gasteiger partial charge in [0.1, 0.15) is 5.82 Å². The van der Waals surface area contributed by atoms with Gasteiger partial charge in [-0.1, -0.05) is 18.2 Å². The van der Waals surface area contributed by atoms with E-state index in [1.165, 1.54) is 21.3 Å². The van der Waals surface area contributed by atoms with Gasteiger partial charge in [-0.05, 0) is 42.5 Å². The van der Waals surface area contributed by atoms with Crippen LogP contribution in [0.2, 0.25) is 0 Å². The molecule has 0 spiro atoms. The van der Waals surface area contributed by atoms with Crippen LogP contribution in [-0.2, 0) is 11.2 Å². The molecule has 4 aromatic rings. The number of carbonyl (C=O) groups is 1. The molecule has 0 saturated heterocycles. The van der Waals surface area contributed by atoms with Gasteiger partial charge in [0.05, 0.1) is 38.8 Å². The number of nitrogens with zero attached hydrogens (tertiary/aromatic N) is 2. The van der Waals surface area contributed by atoms with Gasteiger partial charge in [0.25, 0.3) is 0 Å². The number of ether oxygens (including phenoxy) is 3. The number of carbonyl (C=O) groups excluding carboxylic acids is 1. The number of benzene rings is 3. The molecule has 0 unspecified atom stereocenters. The average Bonchev–Trinajstić information content (AvgIpc) is 3.24. The number of hydrogen-bond acceptors (Lipinski definition) is 5. The number of anilines is 1. The minimum Gasteiger partial charge on any atom is -0.493 e. The standard InChI is InChI=1S/C25H23F2N3O4/c1-32-20-13-10-16(22(33-2)23(20)34-3)14-21(31)28-17-11-8-15(9-12-17)24-29-18-6-4-5-7-19(18)30(24)25(26)27/h4-13,25H,14H2,1-3H3,(H,28,31). The second-order valence-electron chi connectivity index (χ2n) is 7.37. The molecule has 1 aromatic heterocycles.